The van der Waals surface area contributed by atoms with E-state index in [2.05, 4.69) is 31.9 Å². The predicted molar refractivity (Wildman–Crippen MR) is 76.5 cm³/mol. The Balaban J connectivity index is 2.15. The summed E-state index contributed by atoms with van der Waals surface area (Å²) in [4.78, 5) is 14.2. The Morgan fingerprint density at radius 2 is 2.28 bits per heavy atom. The molecule has 5 heteroatoms. The van der Waals surface area contributed by atoms with E-state index in [1.807, 2.05) is 4.90 Å². The lowest BCUT2D eigenvalue weighted by Gasteiger charge is -2.32. The number of hydrogen-bond donors (Lipinski definition) is 0. The molecule has 1 aliphatic rings. The van der Waals surface area contributed by atoms with Crippen LogP contribution >= 0.6 is 31.9 Å². The first kappa shape index (κ1) is 14.0. The molecule has 0 aromatic heterocycles. The van der Waals surface area contributed by atoms with Crippen LogP contribution in [0.25, 0.3) is 0 Å². The Labute approximate surface area is 123 Å². The normalized spacial score (nSPS) is 19.9. The summed E-state index contributed by atoms with van der Waals surface area (Å²) in [5.74, 6) is 0.157. The fourth-order valence-corrected chi connectivity index (χ4v) is 3.26. The molecule has 2 nitrogen and oxygen atoms in total. The Kier molecular flexibility index (Phi) is 4.78. The van der Waals surface area contributed by atoms with Crippen LogP contribution in [-0.4, -0.2) is 29.2 Å². The third-order valence-corrected chi connectivity index (χ3v) is 4.76. The molecular formula is C13H14Br2FNO. The Morgan fingerprint density at radius 1 is 1.50 bits per heavy atom. The molecule has 1 atom stereocenters. The van der Waals surface area contributed by atoms with Crippen LogP contribution in [0.2, 0.25) is 0 Å². The summed E-state index contributed by atoms with van der Waals surface area (Å²) in [5.41, 5.74) is 0.534. The monoisotopic (exact) mass is 377 g/mol. The van der Waals surface area contributed by atoms with E-state index in [1.165, 1.54) is 12.1 Å². The molecule has 0 bridgehead atoms. The number of piperidine rings is 1. The molecular weight excluding hydrogens is 365 g/mol. The summed E-state index contributed by atoms with van der Waals surface area (Å²) in [6, 6.07) is 4.20. The molecule has 2 rings (SSSR count). The molecule has 0 radical (unpaired) electrons. The number of likely N-dealkylation sites (tertiary alicyclic amines) is 1. The van der Waals surface area contributed by atoms with Gasteiger partial charge in [0.2, 0.25) is 0 Å². The quantitative estimate of drug-likeness (QED) is 0.716. The van der Waals surface area contributed by atoms with Crippen molar-refractivity contribution in [2.75, 3.05) is 18.4 Å². The largest absolute Gasteiger partial charge is 0.338 e. The molecule has 98 valence electrons. The van der Waals surface area contributed by atoms with E-state index in [9.17, 15) is 9.18 Å². The average molecular weight is 379 g/mol. The number of hydrogen-bond acceptors (Lipinski definition) is 1. The second kappa shape index (κ2) is 6.15. The van der Waals surface area contributed by atoms with E-state index < -0.39 is 0 Å². The van der Waals surface area contributed by atoms with Gasteiger partial charge in [-0.25, -0.2) is 4.39 Å². The Morgan fingerprint density at radius 3 is 2.94 bits per heavy atom. The number of carbonyl (C=O) groups is 1. The zero-order valence-electron chi connectivity index (χ0n) is 9.83. The highest BCUT2D eigenvalue weighted by molar-refractivity contribution is 9.10. The van der Waals surface area contributed by atoms with Gasteiger partial charge in [-0.1, -0.05) is 15.9 Å². The standard InChI is InChI=1S/C13H14Br2FNO/c14-7-9-2-1-5-17(8-9)13(18)11-4-3-10(16)6-12(11)15/h3-4,6,9H,1-2,5,7-8H2. The van der Waals surface area contributed by atoms with Gasteiger partial charge in [-0.2, -0.15) is 0 Å². The molecule has 1 amide bonds. The third kappa shape index (κ3) is 3.12. The van der Waals surface area contributed by atoms with Crippen molar-refractivity contribution >= 4 is 37.8 Å². The van der Waals surface area contributed by atoms with Gasteiger partial charge >= 0.3 is 0 Å². The SMILES string of the molecule is O=C(c1ccc(F)cc1Br)N1CCCC(CBr)C1. The number of amides is 1. The molecule has 0 saturated carbocycles. The van der Waals surface area contributed by atoms with Crippen molar-refractivity contribution in [2.45, 2.75) is 12.8 Å². The maximum absolute atomic E-state index is 13.0. The molecule has 1 aromatic rings. The van der Waals surface area contributed by atoms with Crippen molar-refractivity contribution in [3.05, 3.63) is 34.1 Å². The van der Waals surface area contributed by atoms with Gasteiger partial charge in [-0.3, -0.25) is 4.79 Å². The number of rotatable bonds is 2. The van der Waals surface area contributed by atoms with Crippen molar-refractivity contribution in [3.63, 3.8) is 0 Å². The van der Waals surface area contributed by atoms with Gasteiger partial charge < -0.3 is 4.90 Å². The van der Waals surface area contributed by atoms with Crippen molar-refractivity contribution < 1.29 is 9.18 Å². The van der Waals surface area contributed by atoms with Crippen LogP contribution in [-0.2, 0) is 0 Å². The van der Waals surface area contributed by atoms with Gasteiger partial charge in [0.1, 0.15) is 5.82 Å². The summed E-state index contributed by atoms with van der Waals surface area (Å²) in [5, 5.41) is 0.918. The molecule has 0 N–H and O–H groups in total. The predicted octanol–water partition coefficient (Wildman–Crippen LogP) is 3.84. The first-order valence-electron chi connectivity index (χ1n) is 5.92. The molecule has 1 heterocycles. The molecule has 1 unspecified atom stereocenters. The Hall–Kier alpha value is -0.420. The highest BCUT2D eigenvalue weighted by Gasteiger charge is 2.24. The second-order valence-corrected chi connectivity index (χ2v) is 6.04. The average Bonchev–Trinajstić information content (AvgIpc) is 2.38. The maximum atomic E-state index is 13.0. The Bertz CT molecular complexity index is 453. The van der Waals surface area contributed by atoms with E-state index in [4.69, 9.17) is 0 Å². The van der Waals surface area contributed by atoms with Gasteiger partial charge in [0.25, 0.3) is 5.91 Å². The zero-order chi connectivity index (χ0) is 13.1. The highest BCUT2D eigenvalue weighted by Crippen LogP contribution is 2.24. The minimum Gasteiger partial charge on any atom is -0.338 e. The van der Waals surface area contributed by atoms with E-state index >= 15 is 0 Å². The maximum Gasteiger partial charge on any atom is 0.255 e. The minimum absolute atomic E-state index is 0.0208. The lowest BCUT2D eigenvalue weighted by Crippen LogP contribution is -2.40. The lowest BCUT2D eigenvalue weighted by molar-refractivity contribution is 0.0685. The van der Waals surface area contributed by atoms with Crippen LogP contribution in [0.3, 0.4) is 0 Å². The molecule has 0 spiro atoms. The molecule has 1 aliphatic heterocycles. The summed E-state index contributed by atoms with van der Waals surface area (Å²) in [6.45, 7) is 1.56. The van der Waals surface area contributed by atoms with Crippen molar-refractivity contribution in [1.29, 1.82) is 0 Å². The van der Waals surface area contributed by atoms with E-state index in [1.54, 1.807) is 6.07 Å². The molecule has 1 fully saturated rings. The topological polar surface area (TPSA) is 20.3 Å². The molecule has 1 saturated heterocycles. The first-order valence-corrected chi connectivity index (χ1v) is 7.83. The number of carbonyl (C=O) groups excluding carboxylic acids is 1. The van der Waals surface area contributed by atoms with Gasteiger partial charge in [-0.05, 0) is 52.9 Å². The summed E-state index contributed by atoms with van der Waals surface area (Å²) >= 11 is 6.72. The van der Waals surface area contributed by atoms with Gasteiger partial charge in [0.15, 0.2) is 0 Å². The zero-order valence-corrected chi connectivity index (χ0v) is 13.0. The molecule has 18 heavy (non-hydrogen) atoms. The van der Waals surface area contributed by atoms with Crippen molar-refractivity contribution in [3.8, 4) is 0 Å². The number of alkyl halides is 1. The van der Waals surface area contributed by atoms with Crippen LogP contribution in [0, 0.1) is 11.7 Å². The first-order chi connectivity index (χ1) is 8.61. The molecule has 1 aromatic carbocycles. The van der Waals surface area contributed by atoms with Crippen LogP contribution in [0.1, 0.15) is 23.2 Å². The second-order valence-electron chi connectivity index (χ2n) is 4.54. The third-order valence-electron chi connectivity index (χ3n) is 3.19. The fourth-order valence-electron chi connectivity index (χ4n) is 2.21. The van der Waals surface area contributed by atoms with Crippen LogP contribution < -0.4 is 0 Å². The number of benzene rings is 1. The highest BCUT2D eigenvalue weighted by atomic mass is 79.9. The van der Waals surface area contributed by atoms with Crippen LogP contribution in [0.15, 0.2) is 22.7 Å². The number of nitrogens with zero attached hydrogens (tertiary/aromatic N) is 1. The smallest absolute Gasteiger partial charge is 0.255 e. The van der Waals surface area contributed by atoms with Crippen LogP contribution in [0.5, 0.6) is 0 Å². The van der Waals surface area contributed by atoms with E-state index in [0.717, 1.165) is 31.3 Å². The number of halogens is 3. The van der Waals surface area contributed by atoms with Crippen molar-refractivity contribution in [2.24, 2.45) is 5.92 Å². The van der Waals surface area contributed by atoms with Crippen molar-refractivity contribution in [1.82, 2.24) is 4.90 Å². The summed E-state index contributed by atoms with van der Waals surface area (Å²) in [6.07, 6.45) is 2.18. The van der Waals surface area contributed by atoms with E-state index in [0.29, 0.717) is 16.0 Å². The fraction of sp³-hybridized carbons (Fsp3) is 0.462. The lowest BCUT2D eigenvalue weighted by atomic mass is 9.99. The summed E-state index contributed by atoms with van der Waals surface area (Å²) in [7, 11) is 0. The van der Waals surface area contributed by atoms with E-state index in [-0.39, 0.29) is 11.7 Å². The van der Waals surface area contributed by atoms with Gasteiger partial charge in [-0.15, -0.1) is 0 Å². The van der Waals surface area contributed by atoms with Gasteiger partial charge in [0.05, 0.1) is 5.56 Å². The summed E-state index contributed by atoms with van der Waals surface area (Å²) < 4.78 is 13.5. The minimum atomic E-state index is -0.338. The van der Waals surface area contributed by atoms with Crippen LogP contribution in [0.4, 0.5) is 4.39 Å². The van der Waals surface area contributed by atoms with Gasteiger partial charge in [0, 0.05) is 22.9 Å². The molecule has 0 aliphatic carbocycles.